The molecule has 0 radical (unpaired) electrons. The summed E-state index contributed by atoms with van der Waals surface area (Å²) in [6.07, 6.45) is 4.10. The van der Waals surface area contributed by atoms with Crippen LogP contribution < -0.4 is 5.14 Å². The summed E-state index contributed by atoms with van der Waals surface area (Å²) in [5.41, 5.74) is 0. The number of hydrogen-bond acceptors (Lipinski definition) is 3. The van der Waals surface area contributed by atoms with Crippen LogP contribution >= 0.6 is 0 Å². The molecule has 0 fully saturated rings. The maximum Gasteiger partial charge on any atom is 0.209 e. The molecule has 2 unspecified atom stereocenters. The highest BCUT2D eigenvalue weighted by atomic mass is 32.2. The SMILES string of the molecule is CCCC(C)COCC(CCC)CS(N)(=O)=O. The normalized spacial score (nSPS) is 15.8. The van der Waals surface area contributed by atoms with Crippen LogP contribution in [0.4, 0.5) is 0 Å². The maximum absolute atomic E-state index is 11.0. The summed E-state index contributed by atoms with van der Waals surface area (Å²) >= 11 is 0. The number of hydrogen-bond donors (Lipinski definition) is 1. The van der Waals surface area contributed by atoms with Gasteiger partial charge in [0.25, 0.3) is 0 Å². The van der Waals surface area contributed by atoms with Gasteiger partial charge in [-0.25, -0.2) is 13.6 Å². The van der Waals surface area contributed by atoms with Crippen LogP contribution in [-0.2, 0) is 14.8 Å². The number of rotatable bonds is 10. The largest absolute Gasteiger partial charge is 0.381 e. The van der Waals surface area contributed by atoms with Gasteiger partial charge in [-0.3, -0.25) is 0 Å². The highest BCUT2D eigenvalue weighted by Crippen LogP contribution is 2.11. The molecule has 5 heteroatoms. The van der Waals surface area contributed by atoms with E-state index >= 15 is 0 Å². The van der Waals surface area contributed by atoms with Crippen LogP contribution in [0.1, 0.15) is 46.5 Å². The Labute approximate surface area is 106 Å². The molecular formula is C12H27NO3S. The van der Waals surface area contributed by atoms with E-state index in [1.54, 1.807) is 0 Å². The first-order valence-electron chi connectivity index (χ1n) is 6.47. The predicted octanol–water partition coefficient (Wildman–Crippen LogP) is 2.14. The first-order chi connectivity index (χ1) is 7.89. The average molecular weight is 265 g/mol. The van der Waals surface area contributed by atoms with Crippen LogP contribution in [-0.4, -0.2) is 27.4 Å². The molecule has 0 aliphatic carbocycles. The van der Waals surface area contributed by atoms with Crippen molar-refractivity contribution in [1.82, 2.24) is 0 Å². The van der Waals surface area contributed by atoms with E-state index in [-0.39, 0.29) is 11.7 Å². The number of sulfonamides is 1. The summed E-state index contributed by atoms with van der Waals surface area (Å²) in [7, 11) is -3.39. The van der Waals surface area contributed by atoms with E-state index in [1.165, 1.54) is 0 Å². The molecule has 0 rings (SSSR count). The molecule has 0 aliphatic rings. The van der Waals surface area contributed by atoms with Crippen molar-refractivity contribution in [1.29, 1.82) is 0 Å². The Morgan fingerprint density at radius 3 is 2.18 bits per heavy atom. The summed E-state index contributed by atoms with van der Waals surface area (Å²) in [6, 6.07) is 0. The summed E-state index contributed by atoms with van der Waals surface area (Å²) < 4.78 is 27.7. The van der Waals surface area contributed by atoms with Gasteiger partial charge in [0.05, 0.1) is 12.4 Å². The van der Waals surface area contributed by atoms with Crippen LogP contribution in [0, 0.1) is 11.8 Å². The van der Waals surface area contributed by atoms with Crippen molar-refractivity contribution in [2.24, 2.45) is 17.0 Å². The van der Waals surface area contributed by atoms with E-state index in [0.29, 0.717) is 19.1 Å². The Kier molecular flexibility index (Phi) is 8.82. The van der Waals surface area contributed by atoms with E-state index in [9.17, 15) is 8.42 Å². The molecule has 17 heavy (non-hydrogen) atoms. The molecule has 2 N–H and O–H groups in total. The number of nitrogens with two attached hydrogens (primary N) is 1. The second-order valence-corrected chi connectivity index (χ2v) is 6.57. The zero-order valence-electron chi connectivity index (χ0n) is 11.3. The third-order valence-electron chi connectivity index (χ3n) is 2.70. The van der Waals surface area contributed by atoms with Gasteiger partial charge in [0.1, 0.15) is 0 Å². The monoisotopic (exact) mass is 265 g/mol. The van der Waals surface area contributed by atoms with Crippen LogP contribution in [0.5, 0.6) is 0 Å². The highest BCUT2D eigenvalue weighted by molar-refractivity contribution is 7.89. The first kappa shape index (κ1) is 16.9. The van der Waals surface area contributed by atoms with Crippen LogP contribution in [0.3, 0.4) is 0 Å². The summed E-state index contributed by atoms with van der Waals surface area (Å²) in [5.74, 6) is 0.601. The van der Waals surface area contributed by atoms with Crippen molar-refractivity contribution in [3.8, 4) is 0 Å². The zero-order valence-corrected chi connectivity index (χ0v) is 12.1. The molecule has 0 bridgehead atoms. The van der Waals surface area contributed by atoms with Crippen LogP contribution in [0.2, 0.25) is 0 Å². The van der Waals surface area contributed by atoms with E-state index in [0.717, 1.165) is 25.7 Å². The fourth-order valence-electron chi connectivity index (χ4n) is 1.96. The van der Waals surface area contributed by atoms with Crippen molar-refractivity contribution < 1.29 is 13.2 Å². The van der Waals surface area contributed by atoms with Gasteiger partial charge in [-0.1, -0.05) is 33.6 Å². The van der Waals surface area contributed by atoms with Crippen molar-refractivity contribution >= 4 is 10.0 Å². The third kappa shape index (κ3) is 10.7. The fourth-order valence-corrected chi connectivity index (χ4v) is 2.88. The lowest BCUT2D eigenvalue weighted by atomic mass is 10.1. The van der Waals surface area contributed by atoms with Crippen LogP contribution in [0.15, 0.2) is 0 Å². The lowest BCUT2D eigenvalue weighted by molar-refractivity contribution is 0.0759. The van der Waals surface area contributed by atoms with E-state index in [1.807, 2.05) is 6.92 Å². The van der Waals surface area contributed by atoms with E-state index in [2.05, 4.69) is 13.8 Å². The van der Waals surface area contributed by atoms with Crippen molar-refractivity contribution in [3.63, 3.8) is 0 Å². The molecule has 0 aromatic heterocycles. The molecular weight excluding hydrogens is 238 g/mol. The summed E-state index contributed by atoms with van der Waals surface area (Å²) in [6.45, 7) is 7.54. The maximum atomic E-state index is 11.0. The zero-order chi connectivity index (χ0) is 13.3. The molecule has 0 heterocycles. The highest BCUT2D eigenvalue weighted by Gasteiger charge is 2.15. The second kappa shape index (κ2) is 8.89. The van der Waals surface area contributed by atoms with E-state index < -0.39 is 10.0 Å². The Morgan fingerprint density at radius 1 is 1.12 bits per heavy atom. The van der Waals surface area contributed by atoms with Gasteiger partial charge in [0.15, 0.2) is 0 Å². The number of ether oxygens (including phenoxy) is 1. The Hall–Kier alpha value is -0.130. The lowest BCUT2D eigenvalue weighted by Crippen LogP contribution is -2.26. The molecule has 0 aromatic rings. The molecule has 0 spiro atoms. The molecule has 0 aromatic carbocycles. The smallest absolute Gasteiger partial charge is 0.209 e. The Bertz CT molecular complexity index is 277. The van der Waals surface area contributed by atoms with Crippen molar-refractivity contribution in [2.45, 2.75) is 46.5 Å². The average Bonchev–Trinajstić information content (AvgIpc) is 2.15. The van der Waals surface area contributed by atoms with Gasteiger partial charge in [0, 0.05) is 6.61 Å². The predicted molar refractivity (Wildman–Crippen MR) is 71.3 cm³/mol. The Morgan fingerprint density at radius 2 is 1.71 bits per heavy atom. The van der Waals surface area contributed by atoms with Crippen LogP contribution in [0.25, 0.3) is 0 Å². The third-order valence-corrected chi connectivity index (χ3v) is 3.64. The first-order valence-corrected chi connectivity index (χ1v) is 8.18. The van der Waals surface area contributed by atoms with Gasteiger partial charge in [-0.05, 0) is 24.7 Å². The van der Waals surface area contributed by atoms with Crippen molar-refractivity contribution in [3.05, 3.63) is 0 Å². The number of primary sulfonamides is 1. The second-order valence-electron chi connectivity index (χ2n) is 4.92. The topological polar surface area (TPSA) is 69.4 Å². The van der Waals surface area contributed by atoms with Crippen molar-refractivity contribution in [2.75, 3.05) is 19.0 Å². The molecule has 0 aliphatic heterocycles. The minimum Gasteiger partial charge on any atom is -0.381 e. The molecule has 4 nitrogen and oxygen atoms in total. The molecule has 0 saturated carbocycles. The standard InChI is InChI=1S/C12H27NO3S/c1-4-6-11(3)8-16-9-12(7-5-2)10-17(13,14)15/h11-12H,4-10H2,1-3H3,(H2,13,14,15). The van der Waals surface area contributed by atoms with Gasteiger partial charge in [-0.15, -0.1) is 0 Å². The van der Waals surface area contributed by atoms with Gasteiger partial charge < -0.3 is 4.74 Å². The summed E-state index contributed by atoms with van der Waals surface area (Å²) in [4.78, 5) is 0. The molecule has 0 saturated heterocycles. The van der Waals surface area contributed by atoms with Gasteiger partial charge >= 0.3 is 0 Å². The molecule has 104 valence electrons. The van der Waals surface area contributed by atoms with E-state index in [4.69, 9.17) is 9.88 Å². The molecule has 0 amide bonds. The quantitative estimate of drug-likeness (QED) is 0.658. The summed E-state index contributed by atoms with van der Waals surface area (Å²) in [5, 5.41) is 5.06. The lowest BCUT2D eigenvalue weighted by Gasteiger charge is -2.17. The van der Waals surface area contributed by atoms with Gasteiger partial charge in [0.2, 0.25) is 10.0 Å². The minimum atomic E-state index is -3.39. The fraction of sp³-hybridized carbons (Fsp3) is 1.00. The minimum absolute atomic E-state index is 0.0308. The molecule has 2 atom stereocenters. The van der Waals surface area contributed by atoms with Gasteiger partial charge in [-0.2, -0.15) is 0 Å². The Balaban J connectivity index is 3.93.